The summed E-state index contributed by atoms with van der Waals surface area (Å²) >= 11 is 1.70. The zero-order valence-electron chi connectivity index (χ0n) is 11.1. The van der Waals surface area contributed by atoms with Crippen LogP contribution < -0.4 is 5.84 Å². The van der Waals surface area contributed by atoms with E-state index in [2.05, 4.69) is 10.2 Å². The molecular formula is C14H17FN4S. The van der Waals surface area contributed by atoms with Crippen molar-refractivity contribution in [2.24, 2.45) is 0 Å². The molecule has 0 spiro atoms. The average Bonchev–Trinajstić information content (AvgIpc) is 2.83. The highest BCUT2D eigenvalue weighted by Gasteiger charge is 2.19. The second-order valence-electron chi connectivity index (χ2n) is 5.06. The van der Waals surface area contributed by atoms with Crippen LogP contribution in [0.2, 0.25) is 0 Å². The first-order valence-corrected chi connectivity index (χ1v) is 7.75. The van der Waals surface area contributed by atoms with Gasteiger partial charge in [0.15, 0.2) is 5.82 Å². The van der Waals surface area contributed by atoms with Crippen molar-refractivity contribution in [3.63, 3.8) is 0 Å². The number of halogens is 1. The maximum absolute atomic E-state index is 12.9. The number of benzene rings is 1. The minimum absolute atomic E-state index is 0.270. The van der Waals surface area contributed by atoms with E-state index in [1.165, 1.54) is 48.9 Å². The van der Waals surface area contributed by atoms with Gasteiger partial charge in [0.25, 0.3) is 0 Å². The summed E-state index contributed by atoms with van der Waals surface area (Å²) in [5.74, 6) is 6.37. The van der Waals surface area contributed by atoms with Crippen LogP contribution in [0.4, 0.5) is 4.39 Å². The van der Waals surface area contributed by atoms with E-state index >= 15 is 0 Å². The summed E-state index contributed by atoms with van der Waals surface area (Å²) in [5, 5.41) is 9.60. The molecule has 0 unspecified atom stereocenters. The van der Waals surface area contributed by atoms with Gasteiger partial charge in [-0.1, -0.05) is 31.0 Å². The number of thioether (sulfide) groups is 1. The Morgan fingerprint density at radius 2 is 1.80 bits per heavy atom. The zero-order valence-corrected chi connectivity index (χ0v) is 11.9. The highest BCUT2D eigenvalue weighted by Crippen LogP contribution is 2.33. The molecule has 6 heteroatoms. The van der Waals surface area contributed by atoms with Crippen LogP contribution >= 0.6 is 11.8 Å². The third kappa shape index (κ3) is 2.80. The van der Waals surface area contributed by atoms with Crippen molar-refractivity contribution in [1.82, 2.24) is 14.9 Å². The Labute approximate surface area is 121 Å². The molecule has 2 N–H and O–H groups in total. The average molecular weight is 292 g/mol. The lowest BCUT2D eigenvalue weighted by atomic mass is 10.0. The Morgan fingerprint density at radius 1 is 1.10 bits per heavy atom. The number of hydrogen-bond acceptors (Lipinski definition) is 4. The number of nitrogen functional groups attached to an aromatic ring is 1. The second-order valence-corrected chi connectivity index (χ2v) is 6.33. The smallest absolute Gasteiger partial charge is 0.210 e. The molecule has 0 saturated heterocycles. The van der Waals surface area contributed by atoms with Crippen molar-refractivity contribution < 1.29 is 4.39 Å². The minimum Gasteiger partial charge on any atom is -0.335 e. The summed E-state index contributed by atoms with van der Waals surface area (Å²) in [7, 11) is 0. The van der Waals surface area contributed by atoms with Crippen molar-refractivity contribution in [2.45, 2.75) is 42.5 Å². The lowest BCUT2D eigenvalue weighted by Gasteiger charge is -2.19. The van der Waals surface area contributed by atoms with E-state index in [9.17, 15) is 4.39 Å². The first kappa shape index (κ1) is 13.4. The minimum atomic E-state index is -0.270. The topological polar surface area (TPSA) is 56.7 Å². The van der Waals surface area contributed by atoms with E-state index in [-0.39, 0.29) is 5.82 Å². The Morgan fingerprint density at radius 3 is 2.50 bits per heavy atom. The molecule has 0 atom stereocenters. The van der Waals surface area contributed by atoms with Gasteiger partial charge in [-0.3, -0.25) is 0 Å². The van der Waals surface area contributed by atoms with Gasteiger partial charge in [-0.05, 0) is 37.1 Å². The molecular weight excluding hydrogens is 275 g/mol. The largest absolute Gasteiger partial charge is 0.335 e. The molecule has 4 nitrogen and oxygen atoms in total. The molecule has 1 aliphatic carbocycles. The van der Waals surface area contributed by atoms with Gasteiger partial charge in [-0.25, -0.2) is 9.07 Å². The number of nitrogens with two attached hydrogens (primary N) is 1. The Bertz CT molecular complexity index is 575. The Hall–Kier alpha value is -1.56. The highest BCUT2D eigenvalue weighted by molar-refractivity contribution is 7.99. The second kappa shape index (κ2) is 5.83. The van der Waals surface area contributed by atoms with Crippen molar-refractivity contribution in [1.29, 1.82) is 0 Å². The van der Waals surface area contributed by atoms with Gasteiger partial charge in [-0.15, -0.1) is 10.2 Å². The predicted octanol–water partition coefficient (Wildman–Crippen LogP) is 3.22. The Balaban J connectivity index is 1.79. The van der Waals surface area contributed by atoms with Crippen LogP contribution in [0.5, 0.6) is 0 Å². The van der Waals surface area contributed by atoms with Crippen LogP contribution in [0.3, 0.4) is 0 Å². The molecule has 0 aliphatic heterocycles. The summed E-state index contributed by atoms with van der Waals surface area (Å²) in [5.41, 5.74) is 0.775. The molecule has 20 heavy (non-hydrogen) atoms. The number of aromatic nitrogens is 3. The normalized spacial score (nSPS) is 16.4. The number of nitrogens with zero attached hydrogens (tertiary/aromatic N) is 3. The molecule has 1 aromatic heterocycles. The van der Waals surface area contributed by atoms with Gasteiger partial charge < -0.3 is 5.84 Å². The standard InChI is InChI=1S/C14H17FN4S/c15-11-8-6-10(7-9-11)13-17-18-14(19(13)16)20-12-4-2-1-3-5-12/h6-9,12H,1-5,16H2. The highest BCUT2D eigenvalue weighted by atomic mass is 32.2. The van der Waals surface area contributed by atoms with Gasteiger partial charge in [-0.2, -0.15) is 0 Å². The molecule has 0 bridgehead atoms. The monoisotopic (exact) mass is 292 g/mol. The fourth-order valence-electron chi connectivity index (χ4n) is 2.49. The third-order valence-electron chi connectivity index (χ3n) is 3.59. The summed E-state index contributed by atoms with van der Waals surface area (Å²) in [4.78, 5) is 0. The van der Waals surface area contributed by atoms with Gasteiger partial charge in [0.2, 0.25) is 5.16 Å². The van der Waals surface area contributed by atoms with Crippen molar-refractivity contribution in [2.75, 3.05) is 5.84 Å². The zero-order chi connectivity index (χ0) is 13.9. The van der Waals surface area contributed by atoms with E-state index < -0.39 is 0 Å². The van der Waals surface area contributed by atoms with Crippen LogP contribution in [0.1, 0.15) is 32.1 Å². The van der Waals surface area contributed by atoms with Crippen LogP contribution in [0.15, 0.2) is 29.4 Å². The number of hydrogen-bond donors (Lipinski definition) is 1. The van der Waals surface area contributed by atoms with Crippen LogP contribution in [0, 0.1) is 5.82 Å². The molecule has 1 heterocycles. The van der Waals surface area contributed by atoms with Crippen molar-refractivity contribution in [3.8, 4) is 11.4 Å². The molecule has 1 aromatic carbocycles. The van der Waals surface area contributed by atoms with E-state index in [4.69, 9.17) is 5.84 Å². The lowest BCUT2D eigenvalue weighted by molar-refractivity contribution is 0.515. The fraction of sp³-hybridized carbons (Fsp3) is 0.429. The van der Waals surface area contributed by atoms with Crippen molar-refractivity contribution in [3.05, 3.63) is 30.1 Å². The van der Waals surface area contributed by atoms with Crippen molar-refractivity contribution >= 4 is 11.8 Å². The van der Waals surface area contributed by atoms with E-state index in [0.29, 0.717) is 11.1 Å². The first-order chi connectivity index (χ1) is 9.74. The summed E-state index contributed by atoms with van der Waals surface area (Å²) in [6.07, 6.45) is 6.31. The molecule has 106 valence electrons. The van der Waals surface area contributed by atoms with Crippen LogP contribution in [-0.2, 0) is 0 Å². The molecule has 2 aromatic rings. The number of rotatable bonds is 3. The summed E-state index contributed by atoms with van der Waals surface area (Å²) in [6, 6.07) is 6.13. The van der Waals surface area contributed by atoms with Gasteiger partial charge in [0, 0.05) is 10.8 Å². The summed E-state index contributed by atoms with van der Waals surface area (Å²) in [6.45, 7) is 0. The quantitative estimate of drug-likeness (QED) is 0.882. The molecule has 3 rings (SSSR count). The maximum atomic E-state index is 12.9. The maximum Gasteiger partial charge on any atom is 0.210 e. The van der Waals surface area contributed by atoms with Gasteiger partial charge in [0.05, 0.1) is 0 Å². The molecule has 1 aliphatic rings. The van der Waals surface area contributed by atoms with E-state index in [1.807, 2.05) is 0 Å². The molecule has 1 fully saturated rings. The molecule has 1 saturated carbocycles. The summed E-state index contributed by atoms with van der Waals surface area (Å²) < 4.78 is 14.4. The molecule has 0 amide bonds. The van der Waals surface area contributed by atoms with Gasteiger partial charge in [0.1, 0.15) is 5.82 Å². The first-order valence-electron chi connectivity index (χ1n) is 6.87. The molecule has 0 radical (unpaired) electrons. The van der Waals surface area contributed by atoms with Crippen LogP contribution in [0.25, 0.3) is 11.4 Å². The third-order valence-corrected chi connectivity index (χ3v) is 4.89. The van der Waals surface area contributed by atoms with Crippen LogP contribution in [-0.4, -0.2) is 20.1 Å². The van der Waals surface area contributed by atoms with E-state index in [1.54, 1.807) is 23.9 Å². The Kier molecular flexibility index (Phi) is 3.91. The van der Waals surface area contributed by atoms with Gasteiger partial charge >= 0.3 is 0 Å². The fourth-order valence-corrected chi connectivity index (χ4v) is 3.64. The SMILES string of the molecule is Nn1c(SC2CCCCC2)nnc1-c1ccc(F)cc1. The lowest BCUT2D eigenvalue weighted by Crippen LogP contribution is -2.14. The predicted molar refractivity (Wildman–Crippen MR) is 78.3 cm³/mol. The van der Waals surface area contributed by atoms with E-state index in [0.717, 1.165) is 10.7 Å².